The number of nitro groups is 1. The van der Waals surface area contributed by atoms with Crippen molar-refractivity contribution >= 4 is 29.7 Å². The van der Waals surface area contributed by atoms with Crippen LogP contribution in [0.1, 0.15) is 6.42 Å². The maximum absolute atomic E-state index is 11.7. The first-order valence-corrected chi connectivity index (χ1v) is 6.59. The van der Waals surface area contributed by atoms with Crippen molar-refractivity contribution < 1.29 is 9.72 Å². The summed E-state index contributed by atoms with van der Waals surface area (Å²) in [6, 6.07) is 6.69. The molecule has 2 N–H and O–H groups in total. The Bertz CT molecular complexity index is 504. The number of hydrogen-bond donors (Lipinski definition) is 1. The lowest BCUT2D eigenvalue weighted by atomic mass is 10.2. The van der Waals surface area contributed by atoms with Gasteiger partial charge in [0.25, 0.3) is 5.69 Å². The first-order valence-electron chi connectivity index (χ1n) is 6.59. The van der Waals surface area contributed by atoms with E-state index in [9.17, 15) is 14.9 Å². The molecule has 1 fully saturated rings. The normalized spacial score (nSPS) is 14.5. The lowest BCUT2D eigenvalue weighted by Gasteiger charge is -2.35. The van der Waals surface area contributed by atoms with Gasteiger partial charge in [-0.15, -0.1) is 12.4 Å². The van der Waals surface area contributed by atoms with Crippen molar-refractivity contribution in [2.75, 3.05) is 37.6 Å². The zero-order valence-corrected chi connectivity index (χ0v) is 12.4. The number of halogens is 1. The van der Waals surface area contributed by atoms with Gasteiger partial charge in [0, 0.05) is 45.2 Å². The lowest BCUT2D eigenvalue weighted by Crippen LogP contribution is -2.49. The summed E-state index contributed by atoms with van der Waals surface area (Å²) in [4.78, 5) is 26.1. The number of piperazine rings is 1. The molecule has 0 spiro atoms. The van der Waals surface area contributed by atoms with Gasteiger partial charge in [-0.25, -0.2) is 0 Å². The van der Waals surface area contributed by atoms with Gasteiger partial charge in [0.15, 0.2) is 0 Å². The molecule has 1 amide bonds. The van der Waals surface area contributed by atoms with Crippen LogP contribution in [0.3, 0.4) is 0 Å². The Labute approximate surface area is 129 Å². The average molecular weight is 315 g/mol. The molecule has 1 saturated heterocycles. The van der Waals surface area contributed by atoms with Crippen LogP contribution in [0.4, 0.5) is 11.4 Å². The van der Waals surface area contributed by atoms with E-state index in [1.165, 1.54) is 6.07 Å². The second-order valence-electron chi connectivity index (χ2n) is 4.65. The molecule has 2 rings (SSSR count). The molecule has 116 valence electrons. The van der Waals surface area contributed by atoms with Crippen molar-refractivity contribution in [3.63, 3.8) is 0 Å². The molecule has 8 heteroatoms. The summed E-state index contributed by atoms with van der Waals surface area (Å²) >= 11 is 0. The van der Waals surface area contributed by atoms with Crippen LogP contribution in [-0.2, 0) is 4.79 Å². The van der Waals surface area contributed by atoms with E-state index in [0.717, 1.165) is 0 Å². The Hall–Kier alpha value is -1.86. The number of amides is 1. The van der Waals surface area contributed by atoms with Crippen LogP contribution >= 0.6 is 12.4 Å². The van der Waals surface area contributed by atoms with Crippen LogP contribution in [0.2, 0.25) is 0 Å². The van der Waals surface area contributed by atoms with Crippen molar-refractivity contribution in [2.24, 2.45) is 5.73 Å². The second kappa shape index (κ2) is 7.80. The van der Waals surface area contributed by atoms with E-state index in [4.69, 9.17) is 5.73 Å². The van der Waals surface area contributed by atoms with Crippen LogP contribution in [0.5, 0.6) is 0 Å². The minimum atomic E-state index is -0.374. The number of hydrogen-bond acceptors (Lipinski definition) is 5. The molecular formula is C13H19ClN4O3. The van der Waals surface area contributed by atoms with E-state index >= 15 is 0 Å². The number of rotatable bonds is 4. The third kappa shape index (κ3) is 4.05. The maximum Gasteiger partial charge on any atom is 0.292 e. The van der Waals surface area contributed by atoms with Crippen molar-refractivity contribution in [2.45, 2.75) is 6.42 Å². The number of nitro benzene ring substituents is 1. The van der Waals surface area contributed by atoms with Gasteiger partial charge in [-0.3, -0.25) is 14.9 Å². The number of anilines is 1. The van der Waals surface area contributed by atoms with E-state index < -0.39 is 0 Å². The predicted octanol–water partition coefficient (Wildman–Crippen LogP) is 1.01. The van der Waals surface area contributed by atoms with Gasteiger partial charge < -0.3 is 15.5 Å². The summed E-state index contributed by atoms with van der Waals surface area (Å²) in [7, 11) is 0. The highest BCUT2D eigenvalue weighted by molar-refractivity contribution is 5.85. The molecule has 1 aromatic carbocycles. The second-order valence-corrected chi connectivity index (χ2v) is 4.65. The van der Waals surface area contributed by atoms with E-state index in [2.05, 4.69) is 0 Å². The van der Waals surface area contributed by atoms with E-state index in [1.807, 2.05) is 4.90 Å². The molecule has 1 aliphatic heterocycles. The van der Waals surface area contributed by atoms with Gasteiger partial charge in [0.1, 0.15) is 5.69 Å². The van der Waals surface area contributed by atoms with E-state index in [-0.39, 0.29) is 28.9 Å². The quantitative estimate of drug-likeness (QED) is 0.661. The van der Waals surface area contributed by atoms with Gasteiger partial charge >= 0.3 is 0 Å². The molecule has 1 aromatic rings. The molecule has 0 unspecified atom stereocenters. The van der Waals surface area contributed by atoms with E-state index in [0.29, 0.717) is 44.8 Å². The summed E-state index contributed by atoms with van der Waals surface area (Å²) in [6.07, 6.45) is 0.353. The fourth-order valence-corrected chi connectivity index (χ4v) is 2.36. The molecule has 0 aromatic heterocycles. The number of carbonyl (C=O) groups excluding carboxylic acids is 1. The largest absolute Gasteiger partial charge is 0.362 e. The molecule has 1 heterocycles. The highest BCUT2D eigenvalue weighted by Crippen LogP contribution is 2.28. The Morgan fingerprint density at radius 3 is 2.43 bits per heavy atom. The monoisotopic (exact) mass is 314 g/mol. The fraction of sp³-hybridized carbons (Fsp3) is 0.462. The summed E-state index contributed by atoms with van der Waals surface area (Å²) in [5, 5.41) is 11.0. The summed E-state index contributed by atoms with van der Waals surface area (Å²) in [5.74, 6) is 0.0507. The zero-order valence-electron chi connectivity index (χ0n) is 11.6. The Morgan fingerprint density at radius 1 is 1.24 bits per heavy atom. The molecule has 0 atom stereocenters. The first kappa shape index (κ1) is 17.2. The van der Waals surface area contributed by atoms with Gasteiger partial charge in [-0.05, 0) is 6.07 Å². The van der Waals surface area contributed by atoms with Crippen LogP contribution in [0, 0.1) is 10.1 Å². The van der Waals surface area contributed by atoms with Gasteiger partial charge in [0.2, 0.25) is 5.91 Å². The fourth-order valence-electron chi connectivity index (χ4n) is 2.36. The number of nitrogens with two attached hydrogens (primary N) is 1. The third-order valence-electron chi connectivity index (χ3n) is 3.41. The molecule has 21 heavy (non-hydrogen) atoms. The minimum Gasteiger partial charge on any atom is -0.362 e. The molecular weight excluding hydrogens is 296 g/mol. The summed E-state index contributed by atoms with van der Waals surface area (Å²) < 4.78 is 0. The number of benzene rings is 1. The highest BCUT2D eigenvalue weighted by Gasteiger charge is 2.24. The number of para-hydroxylation sites is 2. The van der Waals surface area contributed by atoms with E-state index in [1.54, 1.807) is 23.1 Å². The van der Waals surface area contributed by atoms with Crippen molar-refractivity contribution in [1.29, 1.82) is 0 Å². The Kier molecular flexibility index (Phi) is 6.39. The first-order chi connectivity index (χ1) is 9.63. The third-order valence-corrected chi connectivity index (χ3v) is 3.41. The predicted molar refractivity (Wildman–Crippen MR) is 82.8 cm³/mol. The molecule has 7 nitrogen and oxygen atoms in total. The van der Waals surface area contributed by atoms with Gasteiger partial charge in [-0.1, -0.05) is 12.1 Å². The minimum absolute atomic E-state index is 0. The van der Waals surface area contributed by atoms with Crippen LogP contribution in [-0.4, -0.2) is 48.5 Å². The molecule has 0 aliphatic carbocycles. The van der Waals surface area contributed by atoms with Gasteiger partial charge in [0.05, 0.1) is 4.92 Å². The van der Waals surface area contributed by atoms with Crippen molar-refractivity contribution in [3.8, 4) is 0 Å². The summed E-state index contributed by atoms with van der Waals surface area (Å²) in [6.45, 7) is 2.70. The van der Waals surface area contributed by atoms with Crippen LogP contribution in [0.25, 0.3) is 0 Å². The lowest BCUT2D eigenvalue weighted by molar-refractivity contribution is -0.384. The number of nitrogens with zero attached hydrogens (tertiary/aromatic N) is 3. The molecule has 0 saturated carbocycles. The zero-order chi connectivity index (χ0) is 14.5. The van der Waals surface area contributed by atoms with Crippen molar-refractivity contribution in [1.82, 2.24) is 4.90 Å². The SMILES string of the molecule is Cl.NCCC(=O)N1CCN(c2ccccc2[N+](=O)[O-])CC1. The topological polar surface area (TPSA) is 92.7 Å². The Balaban J connectivity index is 0.00000220. The molecule has 1 aliphatic rings. The molecule has 0 radical (unpaired) electrons. The average Bonchev–Trinajstić information content (AvgIpc) is 2.47. The highest BCUT2D eigenvalue weighted by atomic mass is 35.5. The maximum atomic E-state index is 11.7. The summed E-state index contributed by atoms with van der Waals surface area (Å²) in [5.41, 5.74) is 6.09. The van der Waals surface area contributed by atoms with Crippen LogP contribution in [0.15, 0.2) is 24.3 Å². The van der Waals surface area contributed by atoms with Crippen molar-refractivity contribution in [3.05, 3.63) is 34.4 Å². The van der Waals surface area contributed by atoms with Gasteiger partial charge in [-0.2, -0.15) is 0 Å². The smallest absolute Gasteiger partial charge is 0.292 e. The number of carbonyl (C=O) groups is 1. The van der Waals surface area contributed by atoms with Crippen LogP contribution < -0.4 is 10.6 Å². The Morgan fingerprint density at radius 2 is 1.86 bits per heavy atom. The standard InChI is InChI=1S/C13H18N4O3.ClH/c14-6-5-13(18)16-9-7-15(8-10-16)11-3-1-2-4-12(11)17(19)20;/h1-4H,5-10,14H2;1H. The molecule has 0 bridgehead atoms.